The lowest BCUT2D eigenvalue weighted by Crippen LogP contribution is -2.20. The van der Waals surface area contributed by atoms with Gasteiger partial charge in [0.25, 0.3) is 5.91 Å². The smallest absolute Gasteiger partial charge is 0.331 e. The molecule has 21 heavy (non-hydrogen) atoms. The van der Waals surface area contributed by atoms with Crippen LogP contribution in [0.5, 0.6) is 0 Å². The first-order chi connectivity index (χ1) is 10.0. The minimum absolute atomic E-state index is 0.219. The summed E-state index contributed by atoms with van der Waals surface area (Å²) < 4.78 is 9.28. The summed E-state index contributed by atoms with van der Waals surface area (Å²) in [4.78, 5) is 33.8. The van der Waals surface area contributed by atoms with Crippen LogP contribution in [0, 0.1) is 6.92 Å². The quantitative estimate of drug-likeness (QED) is 0.636. The lowest BCUT2D eigenvalue weighted by Gasteiger charge is -2.05. The van der Waals surface area contributed by atoms with E-state index in [2.05, 4.69) is 14.8 Å². The first kappa shape index (κ1) is 16.4. The van der Waals surface area contributed by atoms with E-state index in [1.165, 1.54) is 0 Å². The predicted octanol–water partition coefficient (Wildman–Crippen LogP) is 1.60. The standard InChI is InChI=1S/C15H17NO5/c1-3-20-14(18)7-8-15(19)21-10-13(17)16-12-6-4-5-11(2)9-12/h4-9H,3,10H2,1-2H3,(H,16,17)/b8-7+. The minimum atomic E-state index is -0.789. The van der Waals surface area contributed by atoms with Crippen molar-refractivity contribution >= 4 is 23.5 Å². The van der Waals surface area contributed by atoms with Crippen LogP contribution in [0.1, 0.15) is 12.5 Å². The summed E-state index contributed by atoms with van der Waals surface area (Å²) in [7, 11) is 0. The van der Waals surface area contributed by atoms with Gasteiger partial charge in [0.15, 0.2) is 6.61 Å². The van der Waals surface area contributed by atoms with Crippen molar-refractivity contribution in [3.63, 3.8) is 0 Å². The van der Waals surface area contributed by atoms with Crippen LogP contribution in [0.2, 0.25) is 0 Å². The van der Waals surface area contributed by atoms with Gasteiger partial charge >= 0.3 is 11.9 Å². The predicted molar refractivity (Wildman–Crippen MR) is 76.5 cm³/mol. The zero-order valence-electron chi connectivity index (χ0n) is 11.9. The third-order valence-electron chi connectivity index (χ3n) is 2.29. The average Bonchev–Trinajstić information content (AvgIpc) is 2.43. The monoisotopic (exact) mass is 291 g/mol. The SMILES string of the molecule is CCOC(=O)/C=C/C(=O)OCC(=O)Nc1cccc(C)c1. The van der Waals surface area contributed by atoms with Crippen molar-refractivity contribution in [2.45, 2.75) is 13.8 Å². The van der Waals surface area contributed by atoms with Crippen LogP contribution < -0.4 is 5.32 Å². The van der Waals surface area contributed by atoms with Gasteiger partial charge in [-0.25, -0.2) is 9.59 Å². The molecule has 0 unspecified atom stereocenters. The second kappa shape index (κ2) is 8.52. The molecule has 0 aliphatic heterocycles. The van der Waals surface area contributed by atoms with E-state index in [0.29, 0.717) is 5.69 Å². The van der Waals surface area contributed by atoms with Gasteiger partial charge in [-0.1, -0.05) is 12.1 Å². The second-order valence-electron chi connectivity index (χ2n) is 4.11. The fraction of sp³-hybridized carbons (Fsp3) is 0.267. The summed E-state index contributed by atoms with van der Waals surface area (Å²) in [6.07, 6.45) is 1.86. The van der Waals surface area contributed by atoms with Crippen LogP contribution in [0.15, 0.2) is 36.4 Å². The minimum Gasteiger partial charge on any atom is -0.463 e. The van der Waals surface area contributed by atoms with E-state index >= 15 is 0 Å². The maximum Gasteiger partial charge on any atom is 0.331 e. The Morgan fingerprint density at radius 2 is 1.81 bits per heavy atom. The average molecular weight is 291 g/mol. The van der Waals surface area contributed by atoms with Crippen LogP contribution in [0.4, 0.5) is 5.69 Å². The van der Waals surface area contributed by atoms with Crippen molar-refractivity contribution in [3.8, 4) is 0 Å². The van der Waals surface area contributed by atoms with Crippen molar-refractivity contribution in [3.05, 3.63) is 42.0 Å². The number of carbonyl (C=O) groups excluding carboxylic acids is 3. The summed E-state index contributed by atoms with van der Waals surface area (Å²) in [5.74, 6) is -1.89. The molecule has 1 aromatic carbocycles. The highest BCUT2D eigenvalue weighted by Gasteiger charge is 2.06. The highest BCUT2D eigenvalue weighted by Crippen LogP contribution is 2.09. The topological polar surface area (TPSA) is 81.7 Å². The second-order valence-corrected chi connectivity index (χ2v) is 4.11. The van der Waals surface area contributed by atoms with Crippen molar-refractivity contribution in [1.29, 1.82) is 0 Å². The molecule has 1 aromatic rings. The zero-order valence-corrected chi connectivity index (χ0v) is 11.9. The number of hydrogen-bond acceptors (Lipinski definition) is 5. The fourth-order valence-electron chi connectivity index (χ4n) is 1.43. The molecular formula is C15H17NO5. The molecule has 1 rings (SSSR count). The lowest BCUT2D eigenvalue weighted by molar-refractivity contribution is -0.143. The van der Waals surface area contributed by atoms with Gasteiger partial charge in [0.2, 0.25) is 0 Å². The van der Waals surface area contributed by atoms with Crippen molar-refractivity contribution in [1.82, 2.24) is 0 Å². The van der Waals surface area contributed by atoms with Gasteiger partial charge in [-0.3, -0.25) is 4.79 Å². The van der Waals surface area contributed by atoms with Crippen molar-refractivity contribution in [2.75, 3.05) is 18.5 Å². The van der Waals surface area contributed by atoms with Gasteiger partial charge in [0.05, 0.1) is 6.61 Å². The third-order valence-corrected chi connectivity index (χ3v) is 2.29. The van der Waals surface area contributed by atoms with E-state index in [1.807, 2.05) is 13.0 Å². The number of anilines is 1. The number of ether oxygens (including phenoxy) is 2. The molecule has 6 nitrogen and oxygen atoms in total. The summed E-state index contributed by atoms with van der Waals surface area (Å²) in [5, 5.41) is 2.59. The highest BCUT2D eigenvalue weighted by atomic mass is 16.5. The van der Waals surface area contributed by atoms with E-state index < -0.39 is 24.5 Å². The summed E-state index contributed by atoms with van der Waals surface area (Å²) in [6.45, 7) is 3.34. The molecule has 0 fully saturated rings. The molecule has 0 saturated heterocycles. The molecule has 0 radical (unpaired) electrons. The maximum absolute atomic E-state index is 11.6. The molecule has 0 saturated carbocycles. The van der Waals surface area contributed by atoms with Gasteiger partial charge in [0, 0.05) is 17.8 Å². The van der Waals surface area contributed by atoms with Crippen LogP contribution in [-0.4, -0.2) is 31.1 Å². The Morgan fingerprint density at radius 1 is 1.14 bits per heavy atom. The molecule has 6 heteroatoms. The Bertz CT molecular complexity index is 551. The number of rotatable bonds is 6. The van der Waals surface area contributed by atoms with Gasteiger partial charge in [0.1, 0.15) is 0 Å². The third kappa shape index (κ3) is 6.91. The van der Waals surface area contributed by atoms with Crippen LogP contribution in [0.25, 0.3) is 0 Å². The van der Waals surface area contributed by atoms with Gasteiger partial charge in [-0.05, 0) is 31.5 Å². The lowest BCUT2D eigenvalue weighted by atomic mass is 10.2. The van der Waals surface area contributed by atoms with E-state index in [0.717, 1.165) is 17.7 Å². The molecule has 0 aromatic heterocycles. The number of nitrogens with one attached hydrogen (secondary N) is 1. The summed E-state index contributed by atoms with van der Waals surface area (Å²) in [6, 6.07) is 7.22. The largest absolute Gasteiger partial charge is 0.463 e. The first-order valence-electron chi connectivity index (χ1n) is 6.39. The Kier molecular flexibility index (Phi) is 6.67. The summed E-state index contributed by atoms with van der Waals surface area (Å²) >= 11 is 0. The molecule has 0 atom stereocenters. The molecule has 0 spiro atoms. The Hall–Kier alpha value is -2.63. The first-order valence-corrected chi connectivity index (χ1v) is 6.39. The van der Waals surface area contributed by atoms with Crippen molar-refractivity contribution in [2.24, 2.45) is 0 Å². The number of amides is 1. The number of carbonyl (C=O) groups is 3. The van der Waals surface area contributed by atoms with Crippen LogP contribution in [-0.2, 0) is 23.9 Å². The Morgan fingerprint density at radius 3 is 2.43 bits per heavy atom. The van der Waals surface area contributed by atoms with E-state index in [9.17, 15) is 14.4 Å². The molecule has 112 valence electrons. The molecule has 1 N–H and O–H groups in total. The number of esters is 2. The van der Waals surface area contributed by atoms with Crippen LogP contribution >= 0.6 is 0 Å². The van der Waals surface area contributed by atoms with Crippen molar-refractivity contribution < 1.29 is 23.9 Å². The van der Waals surface area contributed by atoms with E-state index in [-0.39, 0.29) is 6.61 Å². The zero-order chi connectivity index (χ0) is 15.7. The number of hydrogen-bond donors (Lipinski definition) is 1. The molecular weight excluding hydrogens is 274 g/mol. The van der Waals surface area contributed by atoms with Crippen LogP contribution in [0.3, 0.4) is 0 Å². The van der Waals surface area contributed by atoms with Gasteiger partial charge in [-0.15, -0.1) is 0 Å². The fourth-order valence-corrected chi connectivity index (χ4v) is 1.43. The molecule has 0 aliphatic carbocycles. The Labute approximate surface area is 122 Å². The van der Waals surface area contributed by atoms with E-state index in [4.69, 9.17) is 0 Å². The Balaban J connectivity index is 2.36. The molecule has 0 aliphatic rings. The number of aryl methyl sites for hydroxylation is 1. The summed E-state index contributed by atoms with van der Waals surface area (Å²) in [5.41, 5.74) is 1.63. The highest BCUT2D eigenvalue weighted by molar-refractivity contribution is 5.95. The maximum atomic E-state index is 11.6. The van der Waals surface area contributed by atoms with Gasteiger partial charge in [-0.2, -0.15) is 0 Å². The van der Waals surface area contributed by atoms with E-state index in [1.54, 1.807) is 25.1 Å². The normalized spacial score (nSPS) is 10.2. The molecule has 0 heterocycles. The number of benzene rings is 1. The van der Waals surface area contributed by atoms with Gasteiger partial charge < -0.3 is 14.8 Å². The molecule has 1 amide bonds. The molecule has 0 bridgehead atoms.